The molecular formula is C21H21ClN4O. The number of nitrogens with zero attached hydrogens (tertiary/aromatic N) is 2. The van der Waals surface area contributed by atoms with Crippen LogP contribution in [0.2, 0.25) is 5.02 Å². The Hall–Kier alpha value is -2.92. The Kier molecular flexibility index (Phi) is 5.72. The molecule has 6 heteroatoms. The van der Waals surface area contributed by atoms with Crippen molar-refractivity contribution < 1.29 is 4.79 Å². The molecule has 0 bridgehead atoms. The zero-order chi connectivity index (χ0) is 19.4. The molecule has 3 rings (SSSR count). The van der Waals surface area contributed by atoms with Crippen LogP contribution in [0, 0.1) is 6.92 Å². The summed E-state index contributed by atoms with van der Waals surface area (Å²) < 4.78 is 0. The van der Waals surface area contributed by atoms with E-state index in [1.165, 1.54) is 12.4 Å². The van der Waals surface area contributed by atoms with E-state index in [1.807, 2.05) is 43.3 Å². The monoisotopic (exact) mass is 380 g/mol. The molecule has 27 heavy (non-hydrogen) atoms. The predicted molar refractivity (Wildman–Crippen MR) is 110 cm³/mol. The summed E-state index contributed by atoms with van der Waals surface area (Å²) in [4.78, 5) is 21.0. The summed E-state index contributed by atoms with van der Waals surface area (Å²) in [5.41, 5.74) is 4.13. The predicted octanol–water partition coefficient (Wildman–Crippen LogP) is 5.56. The SMILES string of the molecule is Cc1cc(Cl)ccc1Nc1ncc(C(=O)Nc2ccccc2C(C)C)cn1. The molecule has 0 aliphatic rings. The third kappa shape index (κ3) is 4.63. The third-order valence-electron chi connectivity index (χ3n) is 4.18. The minimum Gasteiger partial charge on any atom is -0.324 e. The van der Waals surface area contributed by atoms with Crippen LogP contribution in [0.4, 0.5) is 17.3 Å². The molecule has 2 aromatic carbocycles. The van der Waals surface area contributed by atoms with Crippen LogP contribution in [-0.4, -0.2) is 15.9 Å². The van der Waals surface area contributed by atoms with Crippen molar-refractivity contribution in [2.75, 3.05) is 10.6 Å². The van der Waals surface area contributed by atoms with Crippen LogP contribution in [0.25, 0.3) is 0 Å². The van der Waals surface area contributed by atoms with E-state index >= 15 is 0 Å². The first-order valence-electron chi connectivity index (χ1n) is 8.69. The molecule has 0 saturated heterocycles. The summed E-state index contributed by atoms with van der Waals surface area (Å²) in [6.45, 7) is 6.13. The largest absolute Gasteiger partial charge is 0.324 e. The second-order valence-electron chi connectivity index (χ2n) is 6.58. The standard InChI is InChI=1S/C21H21ClN4O/c1-13(2)17-6-4-5-7-19(17)25-20(27)15-11-23-21(24-12-15)26-18-9-8-16(22)10-14(18)3/h4-13H,1-3H3,(H,25,27)(H,23,24,26). The third-order valence-corrected chi connectivity index (χ3v) is 4.42. The number of nitrogens with one attached hydrogen (secondary N) is 2. The Morgan fingerprint density at radius 2 is 1.74 bits per heavy atom. The Bertz CT molecular complexity index is 955. The second-order valence-corrected chi connectivity index (χ2v) is 7.01. The van der Waals surface area contributed by atoms with Crippen molar-refractivity contribution >= 4 is 34.8 Å². The van der Waals surface area contributed by atoms with Crippen molar-refractivity contribution in [1.82, 2.24) is 9.97 Å². The van der Waals surface area contributed by atoms with Gasteiger partial charge in [-0.15, -0.1) is 0 Å². The number of aryl methyl sites for hydroxylation is 1. The molecular weight excluding hydrogens is 360 g/mol. The minimum atomic E-state index is -0.239. The van der Waals surface area contributed by atoms with Gasteiger partial charge >= 0.3 is 0 Å². The molecule has 0 radical (unpaired) electrons. The zero-order valence-electron chi connectivity index (χ0n) is 15.5. The van der Waals surface area contributed by atoms with Gasteiger partial charge in [0.15, 0.2) is 0 Å². The second kappa shape index (κ2) is 8.18. The highest BCUT2D eigenvalue weighted by Gasteiger charge is 2.12. The molecule has 2 N–H and O–H groups in total. The van der Waals surface area contributed by atoms with Crippen LogP contribution >= 0.6 is 11.6 Å². The number of carbonyl (C=O) groups is 1. The fourth-order valence-electron chi connectivity index (χ4n) is 2.71. The maximum absolute atomic E-state index is 12.5. The normalized spacial score (nSPS) is 10.7. The summed E-state index contributed by atoms with van der Waals surface area (Å²) in [5.74, 6) is 0.490. The lowest BCUT2D eigenvalue weighted by Gasteiger charge is -2.13. The lowest BCUT2D eigenvalue weighted by atomic mass is 10.0. The van der Waals surface area contributed by atoms with Gasteiger partial charge in [0, 0.05) is 28.8 Å². The number of benzene rings is 2. The van der Waals surface area contributed by atoms with E-state index in [0.29, 0.717) is 22.5 Å². The van der Waals surface area contributed by atoms with Gasteiger partial charge in [0.1, 0.15) is 0 Å². The van der Waals surface area contributed by atoms with Gasteiger partial charge in [0.25, 0.3) is 5.91 Å². The number of anilines is 3. The number of hydrogen-bond acceptors (Lipinski definition) is 4. The van der Waals surface area contributed by atoms with Crippen LogP contribution in [-0.2, 0) is 0 Å². The van der Waals surface area contributed by atoms with Gasteiger partial charge in [0.2, 0.25) is 5.95 Å². The van der Waals surface area contributed by atoms with Gasteiger partial charge < -0.3 is 10.6 Å². The van der Waals surface area contributed by atoms with E-state index in [4.69, 9.17) is 11.6 Å². The fourth-order valence-corrected chi connectivity index (χ4v) is 2.93. The lowest BCUT2D eigenvalue weighted by Crippen LogP contribution is -2.14. The van der Waals surface area contributed by atoms with Crippen LogP contribution in [0.1, 0.15) is 41.3 Å². The van der Waals surface area contributed by atoms with Crippen LogP contribution in [0.3, 0.4) is 0 Å². The molecule has 0 aliphatic heterocycles. The number of hydrogen-bond donors (Lipinski definition) is 2. The number of rotatable bonds is 5. The van der Waals surface area contributed by atoms with Crippen LogP contribution < -0.4 is 10.6 Å². The Morgan fingerprint density at radius 1 is 1.04 bits per heavy atom. The van der Waals surface area contributed by atoms with Crippen molar-refractivity contribution in [3.63, 3.8) is 0 Å². The van der Waals surface area contributed by atoms with Crippen molar-refractivity contribution in [1.29, 1.82) is 0 Å². The fraction of sp³-hybridized carbons (Fsp3) is 0.190. The molecule has 1 aromatic heterocycles. The number of halogens is 1. The van der Waals surface area contributed by atoms with Crippen molar-refractivity contribution in [2.45, 2.75) is 26.7 Å². The van der Waals surface area contributed by atoms with Crippen LogP contribution in [0.15, 0.2) is 54.9 Å². The van der Waals surface area contributed by atoms with E-state index in [9.17, 15) is 4.79 Å². The molecule has 1 amide bonds. The highest BCUT2D eigenvalue weighted by molar-refractivity contribution is 6.30. The van der Waals surface area contributed by atoms with Gasteiger partial charge in [-0.2, -0.15) is 0 Å². The summed E-state index contributed by atoms with van der Waals surface area (Å²) in [7, 11) is 0. The molecule has 0 unspecified atom stereocenters. The van der Waals surface area contributed by atoms with E-state index in [0.717, 1.165) is 22.5 Å². The smallest absolute Gasteiger partial charge is 0.258 e. The van der Waals surface area contributed by atoms with E-state index < -0.39 is 0 Å². The first-order valence-corrected chi connectivity index (χ1v) is 9.07. The van der Waals surface area contributed by atoms with Crippen molar-refractivity contribution in [3.05, 3.63) is 76.6 Å². The summed E-state index contributed by atoms with van der Waals surface area (Å²) in [6, 6.07) is 13.3. The lowest BCUT2D eigenvalue weighted by molar-refractivity contribution is 0.102. The average molecular weight is 381 g/mol. The summed E-state index contributed by atoms with van der Waals surface area (Å²) in [6.07, 6.45) is 3.02. The van der Waals surface area contributed by atoms with Crippen molar-refractivity contribution in [3.8, 4) is 0 Å². The topological polar surface area (TPSA) is 66.9 Å². The minimum absolute atomic E-state index is 0.239. The Balaban J connectivity index is 1.72. The highest BCUT2D eigenvalue weighted by Crippen LogP contribution is 2.24. The Labute approximate surface area is 163 Å². The molecule has 0 atom stereocenters. The van der Waals surface area contributed by atoms with Gasteiger partial charge in [0.05, 0.1) is 5.56 Å². The molecule has 0 fully saturated rings. The quantitative estimate of drug-likeness (QED) is 0.608. The first-order chi connectivity index (χ1) is 12.9. The number of aromatic nitrogens is 2. The first kappa shape index (κ1) is 18.9. The van der Waals surface area contributed by atoms with Gasteiger partial charge in [-0.3, -0.25) is 4.79 Å². The zero-order valence-corrected chi connectivity index (χ0v) is 16.2. The van der Waals surface area contributed by atoms with Crippen molar-refractivity contribution in [2.24, 2.45) is 0 Å². The molecule has 0 saturated carbocycles. The average Bonchev–Trinajstić information content (AvgIpc) is 2.65. The maximum Gasteiger partial charge on any atom is 0.258 e. The molecule has 0 spiro atoms. The van der Waals surface area contributed by atoms with E-state index in [1.54, 1.807) is 6.07 Å². The van der Waals surface area contributed by atoms with E-state index in [-0.39, 0.29) is 5.91 Å². The molecule has 3 aromatic rings. The van der Waals surface area contributed by atoms with Gasteiger partial charge in [-0.25, -0.2) is 9.97 Å². The molecule has 5 nitrogen and oxygen atoms in total. The number of amides is 1. The summed E-state index contributed by atoms with van der Waals surface area (Å²) >= 11 is 5.97. The van der Waals surface area contributed by atoms with E-state index in [2.05, 4.69) is 34.4 Å². The van der Waals surface area contributed by atoms with Gasteiger partial charge in [-0.05, 0) is 48.2 Å². The molecule has 1 heterocycles. The molecule has 0 aliphatic carbocycles. The summed E-state index contributed by atoms with van der Waals surface area (Å²) in [5, 5.41) is 6.74. The maximum atomic E-state index is 12.5. The number of carbonyl (C=O) groups excluding carboxylic acids is 1. The highest BCUT2D eigenvalue weighted by atomic mass is 35.5. The Morgan fingerprint density at radius 3 is 2.41 bits per heavy atom. The van der Waals surface area contributed by atoms with Crippen LogP contribution in [0.5, 0.6) is 0 Å². The molecule has 138 valence electrons. The van der Waals surface area contributed by atoms with Gasteiger partial charge in [-0.1, -0.05) is 43.6 Å². The number of para-hydroxylation sites is 1.